The van der Waals surface area contributed by atoms with Gasteiger partial charge in [0.25, 0.3) is 5.91 Å². The first-order valence-corrected chi connectivity index (χ1v) is 9.17. The Morgan fingerprint density at radius 1 is 1.10 bits per heavy atom. The number of hydrogen-bond acceptors (Lipinski definition) is 5. The molecule has 1 heterocycles. The van der Waals surface area contributed by atoms with Crippen LogP contribution in [0.5, 0.6) is 11.5 Å². The number of aromatic nitrogens is 2. The minimum atomic E-state index is -0.339. The first kappa shape index (κ1) is 20.1. The molecule has 0 saturated heterocycles. The van der Waals surface area contributed by atoms with E-state index in [0.29, 0.717) is 23.6 Å². The second-order valence-electron chi connectivity index (χ2n) is 6.50. The van der Waals surface area contributed by atoms with E-state index in [1.165, 1.54) is 12.7 Å². The van der Waals surface area contributed by atoms with Crippen LogP contribution in [0.2, 0.25) is 0 Å². The zero-order chi connectivity index (χ0) is 20.8. The van der Waals surface area contributed by atoms with Crippen LogP contribution in [0.3, 0.4) is 0 Å². The van der Waals surface area contributed by atoms with Crippen molar-refractivity contribution in [3.8, 4) is 11.5 Å². The molecular weight excluding hydrogens is 368 g/mol. The fourth-order valence-electron chi connectivity index (χ4n) is 3.01. The number of methoxy groups -OCH3 is 2. The van der Waals surface area contributed by atoms with Crippen LogP contribution in [0.1, 0.15) is 32.9 Å². The van der Waals surface area contributed by atoms with Crippen LogP contribution in [0, 0.1) is 13.8 Å². The lowest BCUT2D eigenvalue weighted by Crippen LogP contribution is -2.17. The number of aryl methyl sites for hydroxylation is 1. The lowest BCUT2D eigenvalue weighted by atomic mass is 10.2. The second kappa shape index (κ2) is 9.05. The Balaban J connectivity index is 1.71. The fourth-order valence-corrected chi connectivity index (χ4v) is 3.01. The normalized spacial score (nSPS) is 10.9. The number of benzene rings is 2. The van der Waals surface area contributed by atoms with Crippen molar-refractivity contribution < 1.29 is 14.3 Å². The van der Waals surface area contributed by atoms with E-state index in [1.54, 1.807) is 31.5 Å². The molecule has 3 rings (SSSR count). The van der Waals surface area contributed by atoms with Crippen molar-refractivity contribution >= 4 is 12.1 Å². The molecule has 1 amide bonds. The molecule has 0 saturated carbocycles. The van der Waals surface area contributed by atoms with Gasteiger partial charge in [-0.15, -0.1) is 0 Å². The molecule has 7 nitrogen and oxygen atoms in total. The second-order valence-corrected chi connectivity index (χ2v) is 6.50. The van der Waals surface area contributed by atoms with Gasteiger partial charge in [-0.25, -0.2) is 5.43 Å². The number of hydrazone groups is 1. The first-order valence-electron chi connectivity index (χ1n) is 9.17. The highest BCUT2D eigenvalue weighted by atomic mass is 16.5. The Bertz CT molecular complexity index is 1030. The summed E-state index contributed by atoms with van der Waals surface area (Å²) >= 11 is 0. The van der Waals surface area contributed by atoms with E-state index in [2.05, 4.69) is 27.8 Å². The third-order valence-corrected chi connectivity index (χ3v) is 4.62. The average Bonchev–Trinajstić information content (AvgIpc) is 3.01. The zero-order valence-electron chi connectivity index (χ0n) is 17.0. The summed E-state index contributed by atoms with van der Waals surface area (Å²) in [5, 5.41) is 8.69. The van der Waals surface area contributed by atoms with Gasteiger partial charge in [-0.05, 0) is 37.6 Å². The number of carbonyl (C=O) groups excluding carboxylic acids is 1. The molecule has 150 valence electrons. The van der Waals surface area contributed by atoms with E-state index in [9.17, 15) is 4.79 Å². The summed E-state index contributed by atoms with van der Waals surface area (Å²) in [6.07, 6.45) is 1.62. The number of carbonyl (C=O) groups is 1. The number of rotatable bonds is 7. The van der Waals surface area contributed by atoms with E-state index in [0.717, 1.165) is 17.0 Å². The molecule has 0 atom stereocenters. The van der Waals surface area contributed by atoms with Crippen LogP contribution in [0.25, 0.3) is 0 Å². The van der Waals surface area contributed by atoms with E-state index in [4.69, 9.17) is 9.47 Å². The van der Waals surface area contributed by atoms with Gasteiger partial charge in [0.1, 0.15) is 0 Å². The highest BCUT2D eigenvalue weighted by molar-refractivity contribution is 5.95. The number of nitrogens with one attached hydrogen (secondary N) is 1. The lowest BCUT2D eigenvalue weighted by molar-refractivity contribution is 0.0954. The number of hydrogen-bond donors (Lipinski definition) is 1. The molecule has 0 aliphatic carbocycles. The Kier molecular flexibility index (Phi) is 6.29. The SMILES string of the molecule is COc1ccc(C(=O)N/N=C\c2c(C)nn(Cc3ccccc3)c2C)cc1OC. The maximum Gasteiger partial charge on any atom is 0.271 e. The summed E-state index contributed by atoms with van der Waals surface area (Å²) in [5.74, 6) is 0.705. The predicted octanol–water partition coefficient (Wildman–Crippen LogP) is 3.33. The lowest BCUT2D eigenvalue weighted by Gasteiger charge is -2.08. The molecule has 29 heavy (non-hydrogen) atoms. The molecule has 0 aliphatic rings. The summed E-state index contributed by atoms with van der Waals surface area (Å²) in [6, 6.07) is 15.1. The summed E-state index contributed by atoms with van der Waals surface area (Å²) < 4.78 is 12.3. The Hall–Kier alpha value is -3.61. The van der Waals surface area contributed by atoms with Gasteiger partial charge in [-0.2, -0.15) is 10.2 Å². The fraction of sp³-hybridized carbons (Fsp3) is 0.227. The molecular formula is C22H24N4O3. The molecule has 1 aromatic heterocycles. The molecule has 2 aromatic carbocycles. The summed E-state index contributed by atoms with van der Waals surface area (Å²) in [6.45, 7) is 4.59. The van der Waals surface area contributed by atoms with Gasteiger partial charge in [-0.3, -0.25) is 9.48 Å². The van der Waals surface area contributed by atoms with Gasteiger partial charge in [0.2, 0.25) is 0 Å². The predicted molar refractivity (Wildman–Crippen MR) is 112 cm³/mol. The highest BCUT2D eigenvalue weighted by Crippen LogP contribution is 2.27. The summed E-state index contributed by atoms with van der Waals surface area (Å²) in [7, 11) is 3.07. The minimum Gasteiger partial charge on any atom is -0.493 e. The topological polar surface area (TPSA) is 77.7 Å². The molecule has 0 spiro atoms. The molecule has 3 aromatic rings. The Labute approximate surface area is 170 Å². The number of amides is 1. The van der Waals surface area contributed by atoms with Gasteiger partial charge < -0.3 is 9.47 Å². The van der Waals surface area contributed by atoms with Crippen molar-refractivity contribution in [1.82, 2.24) is 15.2 Å². The maximum atomic E-state index is 12.4. The van der Waals surface area contributed by atoms with Crippen LogP contribution in [0.4, 0.5) is 0 Å². The van der Waals surface area contributed by atoms with E-state index >= 15 is 0 Å². The summed E-state index contributed by atoms with van der Waals surface area (Å²) in [5.41, 5.74) is 6.85. The third kappa shape index (κ3) is 4.63. The van der Waals surface area contributed by atoms with Crippen molar-refractivity contribution in [2.24, 2.45) is 5.10 Å². The molecule has 1 N–H and O–H groups in total. The molecule has 0 radical (unpaired) electrons. The van der Waals surface area contributed by atoms with Crippen LogP contribution < -0.4 is 14.9 Å². The molecule has 0 aliphatic heterocycles. The average molecular weight is 392 g/mol. The quantitative estimate of drug-likeness (QED) is 0.494. The molecule has 0 bridgehead atoms. The Morgan fingerprint density at radius 3 is 2.52 bits per heavy atom. The van der Waals surface area contributed by atoms with E-state index < -0.39 is 0 Å². The summed E-state index contributed by atoms with van der Waals surface area (Å²) in [4.78, 5) is 12.4. The highest BCUT2D eigenvalue weighted by Gasteiger charge is 2.12. The van der Waals surface area contributed by atoms with Crippen LogP contribution in [0.15, 0.2) is 53.6 Å². The van der Waals surface area contributed by atoms with E-state index in [-0.39, 0.29) is 5.91 Å². The standard InChI is InChI=1S/C22H24N4O3/c1-15-19(16(2)26(25-15)14-17-8-6-5-7-9-17)13-23-24-22(27)18-10-11-20(28-3)21(12-18)29-4/h5-13H,14H2,1-4H3,(H,24,27)/b23-13-. The van der Waals surface area contributed by atoms with Crippen molar-refractivity contribution in [2.45, 2.75) is 20.4 Å². The minimum absolute atomic E-state index is 0.339. The zero-order valence-corrected chi connectivity index (χ0v) is 17.0. The number of nitrogens with zero attached hydrogens (tertiary/aromatic N) is 3. The van der Waals surface area contributed by atoms with Gasteiger partial charge in [-0.1, -0.05) is 30.3 Å². The van der Waals surface area contributed by atoms with Gasteiger partial charge >= 0.3 is 0 Å². The van der Waals surface area contributed by atoms with Gasteiger partial charge in [0.05, 0.1) is 32.7 Å². The van der Waals surface area contributed by atoms with Gasteiger partial charge in [0, 0.05) is 16.8 Å². The van der Waals surface area contributed by atoms with Crippen LogP contribution in [-0.4, -0.2) is 36.1 Å². The largest absolute Gasteiger partial charge is 0.493 e. The van der Waals surface area contributed by atoms with Crippen LogP contribution in [-0.2, 0) is 6.54 Å². The van der Waals surface area contributed by atoms with Crippen LogP contribution >= 0.6 is 0 Å². The van der Waals surface area contributed by atoms with E-state index in [1.807, 2.05) is 36.7 Å². The van der Waals surface area contributed by atoms with Crippen molar-refractivity contribution in [3.63, 3.8) is 0 Å². The molecule has 0 unspecified atom stereocenters. The smallest absolute Gasteiger partial charge is 0.271 e. The van der Waals surface area contributed by atoms with Crippen molar-refractivity contribution in [2.75, 3.05) is 14.2 Å². The third-order valence-electron chi connectivity index (χ3n) is 4.62. The molecule has 0 fully saturated rings. The first-order chi connectivity index (χ1) is 14.0. The molecule has 7 heteroatoms. The number of ether oxygens (including phenoxy) is 2. The Morgan fingerprint density at radius 2 is 1.83 bits per heavy atom. The maximum absolute atomic E-state index is 12.4. The van der Waals surface area contributed by atoms with Crippen molar-refractivity contribution in [3.05, 3.63) is 76.6 Å². The van der Waals surface area contributed by atoms with Crippen molar-refractivity contribution in [1.29, 1.82) is 0 Å². The van der Waals surface area contributed by atoms with Gasteiger partial charge in [0.15, 0.2) is 11.5 Å². The monoisotopic (exact) mass is 392 g/mol.